The summed E-state index contributed by atoms with van der Waals surface area (Å²) >= 11 is 0. The summed E-state index contributed by atoms with van der Waals surface area (Å²) in [6.45, 7) is 4.49. The molecule has 0 aliphatic carbocycles. The molecule has 1 atom stereocenters. The highest BCUT2D eigenvalue weighted by atomic mass is 19.1. The average molecular weight is 462 g/mol. The maximum absolute atomic E-state index is 13.4. The Kier molecular flexibility index (Phi) is 7.47. The van der Waals surface area contributed by atoms with Crippen LogP contribution in [0.4, 0.5) is 16.0 Å². The van der Waals surface area contributed by atoms with Gasteiger partial charge in [0.1, 0.15) is 5.82 Å². The molecule has 0 radical (unpaired) electrons. The second kappa shape index (κ2) is 10.9. The van der Waals surface area contributed by atoms with Crippen LogP contribution in [-0.4, -0.2) is 52.9 Å². The Morgan fingerprint density at radius 2 is 1.68 bits per heavy atom. The molecule has 3 aromatic rings. The summed E-state index contributed by atoms with van der Waals surface area (Å²) in [6.07, 6.45) is 4.21. The normalized spacial score (nSPS) is 14.5. The van der Waals surface area contributed by atoms with Gasteiger partial charge in [-0.1, -0.05) is 31.2 Å². The van der Waals surface area contributed by atoms with Crippen LogP contribution in [0.3, 0.4) is 0 Å². The molecule has 0 spiro atoms. The van der Waals surface area contributed by atoms with Crippen LogP contribution >= 0.6 is 0 Å². The number of benzene rings is 2. The number of aromatic nitrogens is 2. The molecule has 1 aromatic heterocycles. The Morgan fingerprint density at radius 1 is 0.971 bits per heavy atom. The lowest BCUT2D eigenvalue weighted by molar-refractivity contribution is -0.130. The maximum Gasteiger partial charge on any atom is 0.227 e. The molecule has 2 aromatic carbocycles. The number of nitrogens with zero attached hydrogens (tertiary/aromatic N) is 4. The molecule has 0 bridgehead atoms. The van der Waals surface area contributed by atoms with Crippen LogP contribution in [0.25, 0.3) is 0 Å². The topological polar surface area (TPSA) is 78.4 Å². The van der Waals surface area contributed by atoms with E-state index in [-0.39, 0.29) is 23.5 Å². The predicted octanol–water partition coefficient (Wildman–Crippen LogP) is 3.32. The lowest BCUT2D eigenvalue weighted by atomic mass is 10.00. The zero-order chi connectivity index (χ0) is 23.9. The highest BCUT2D eigenvalue weighted by Crippen LogP contribution is 2.16. The van der Waals surface area contributed by atoms with Crippen LogP contribution in [0, 0.1) is 11.7 Å². The van der Waals surface area contributed by atoms with Crippen LogP contribution < -0.4 is 10.2 Å². The Balaban J connectivity index is 1.25. The monoisotopic (exact) mass is 461 g/mol. The van der Waals surface area contributed by atoms with E-state index in [9.17, 15) is 14.0 Å². The van der Waals surface area contributed by atoms with E-state index in [0.717, 1.165) is 11.1 Å². The zero-order valence-corrected chi connectivity index (χ0v) is 19.2. The van der Waals surface area contributed by atoms with Gasteiger partial charge in [0, 0.05) is 50.2 Å². The van der Waals surface area contributed by atoms with Crippen molar-refractivity contribution in [3.8, 4) is 0 Å². The zero-order valence-electron chi connectivity index (χ0n) is 19.2. The second-order valence-corrected chi connectivity index (χ2v) is 8.51. The molecular formula is C26H28FN5O2. The summed E-state index contributed by atoms with van der Waals surface area (Å²) in [4.78, 5) is 37.7. The van der Waals surface area contributed by atoms with E-state index in [1.807, 2.05) is 30.0 Å². The SMILES string of the molecule is CC(Cc1cccc(F)c1)C(=O)Nc1ccc(CC(=O)N2CCN(c3ncccn3)CC2)cc1. The van der Waals surface area contributed by atoms with Gasteiger partial charge in [-0.15, -0.1) is 0 Å². The molecule has 2 heterocycles. The van der Waals surface area contributed by atoms with Gasteiger partial charge in [-0.25, -0.2) is 14.4 Å². The summed E-state index contributed by atoms with van der Waals surface area (Å²) in [5, 5.41) is 2.90. The van der Waals surface area contributed by atoms with Crippen molar-refractivity contribution in [2.75, 3.05) is 36.4 Å². The molecule has 1 N–H and O–H groups in total. The van der Waals surface area contributed by atoms with Crippen LogP contribution in [0.2, 0.25) is 0 Å². The van der Waals surface area contributed by atoms with Gasteiger partial charge in [-0.3, -0.25) is 9.59 Å². The van der Waals surface area contributed by atoms with Gasteiger partial charge in [0.15, 0.2) is 0 Å². The fraction of sp³-hybridized carbons (Fsp3) is 0.308. The molecule has 2 amide bonds. The molecule has 1 aliphatic rings. The average Bonchev–Trinajstić information content (AvgIpc) is 2.86. The Morgan fingerprint density at radius 3 is 2.35 bits per heavy atom. The molecule has 34 heavy (non-hydrogen) atoms. The lowest BCUT2D eigenvalue weighted by Crippen LogP contribution is -2.49. The first-order valence-corrected chi connectivity index (χ1v) is 11.4. The van der Waals surface area contributed by atoms with Gasteiger partial charge in [-0.05, 0) is 47.9 Å². The van der Waals surface area contributed by atoms with E-state index in [0.29, 0.717) is 50.7 Å². The summed E-state index contributed by atoms with van der Waals surface area (Å²) in [5.74, 6) is 0.0327. The molecule has 0 saturated carbocycles. The minimum absolute atomic E-state index is 0.0779. The number of rotatable bonds is 7. The third-order valence-electron chi connectivity index (χ3n) is 5.92. The maximum atomic E-state index is 13.4. The van der Waals surface area contributed by atoms with Crippen molar-refractivity contribution < 1.29 is 14.0 Å². The van der Waals surface area contributed by atoms with E-state index >= 15 is 0 Å². The number of amides is 2. The summed E-state index contributed by atoms with van der Waals surface area (Å²) in [5.41, 5.74) is 2.35. The number of carbonyl (C=O) groups excluding carboxylic acids is 2. The van der Waals surface area contributed by atoms with Crippen LogP contribution in [0.1, 0.15) is 18.1 Å². The van der Waals surface area contributed by atoms with Gasteiger partial charge in [0.25, 0.3) is 0 Å². The Labute approximate surface area is 198 Å². The Hall–Kier alpha value is -3.81. The number of piperazine rings is 1. The highest BCUT2D eigenvalue weighted by Gasteiger charge is 2.22. The van der Waals surface area contributed by atoms with E-state index in [1.165, 1.54) is 12.1 Å². The first-order chi connectivity index (χ1) is 16.5. The molecule has 1 aliphatic heterocycles. The van der Waals surface area contributed by atoms with E-state index in [1.54, 1.807) is 36.7 Å². The largest absolute Gasteiger partial charge is 0.339 e. The minimum Gasteiger partial charge on any atom is -0.339 e. The van der Waals surface area contributed by atoms with Crippen LogP contribution in [0.5, 0.6) is 0 Å². The van der Waals surface area contributed by atoms with Gasteiger partial charge in [0.05, 0.1) is 6.42 Å². The van der Waals surface area contributed by atoms with Crippen molar-refractivity contribution in [1.29, 1.82) is 0 Å². The fourth-order valence-electron chi connectivity index (χ4n) is 3.98. The third-order valence-corrected chi connectivity index (χ3v) is 5.92. The second-order valence-electron chi connectivity index (χ2n) is 8.51. The summed E-state index contributed by atoms with van der Waals surface area (Å²) in [7, 11) is 0. The highest BCUT2D eigenvalue weighted by molar-refractivity contribution is 5.92. The van der Waals surface area contributed by atoms with Crippen LogP contribution in [0.15, 0.2) is 67.0 Å². The summed E-state index contributed by atoms with van der Waals surface area (Å²) in [6, 6.07) is 15.4. The first kappa shape index (κ1) is 23.4. The van der Waals surface area contributed by atoms with E-state index in [2.05, 4.69) is 20.2 Å². The van der Waals surface area contributed by atoms with Crippen molar-refractivity contribution in [2.24, 2.45) is 5.92 Å². The third kappa shape index (κ3) is 6.15. The lowest BCUT2D eigenvalue weighted by Gasteiger charge is -2.34. The first-order valence-electron chi connectivity index (χ1n) is 11.4. The number of hydrogen-bond acceptors (Lipinski definition) is 5. The summed E-state index contributed by atoms with van der Waals surface area (Å²) < 4.78 is 13.4. The molecule has 1 unspecified atom stereocenters. The minimum atomic E-state index is -0.303. The fourth-order valence-corrected chi connectivity index (χ4v) is 3.98. The van der Waals surface area contributed by atoms with Crippen molar-refractivity contribution in [3.05, 3.63) is 83.9 Å². The molecule has 1 saturated heterocycles. The van der Waals surface area contributed by atoms with Crippen LogP contribution in [-0.2, 0) is 22.4 Å². The van der Waals surface area contributed by atoms with Gasteiger partial charge in [0.2, 0.25) is 17.8 Å². The molecular weight excluding hydrogens is 433 g/mol. The van der Waals surface area contributed by atoms with Crippen molar-refractivity contribution in [2.45, 2.75) is 19.8 Å². The molecule has 176 valence electrons. The van der Waals surface area contributed by atoms with Crippen molar-refractivity contribution in [1.82, 2.24) is 14.9 Å². The van der Waals surface area contributed by atoms with E-state index < -0.39 is 0 Å². The number of carbonyl (C=O) groups is 2. The van der Waals surface area contributed by atoms with Crippen molar-refractivity contribution >= 4 is 23.5 Å². The van der Waals surface area contributed by atoms with Gasteiger partial charge < -0.3 is 15.1 Å². The van der Waals surface area contributed by atoms with E-state index in [4.69, 9.17) is 0 Å². The Bertz CT molecular complexity index is 1120. The van der Waals surface area contributed by atoms with Crippen molar-refractivity contribution in [3.63, 3.8) is 0 Å². The molecule has 1 fully saturated rings. The quantitative estimate of drug-likeness (QED) is 0.584. The molecule has 7 nitrogen and oxygen atoms in total. The number of hydrogen-bond donors (Lipinski definition) is 1. The molecule has 4 rings (SSSR count). The van der Waals surface area contributed by atoms with Gasteiger partial charge in [-0.2, -0.15) is 0 Å². The number of halogens is 1. The van der Waals surface area contributed by atoms with Gasteiger partial charge >= 0.3 is 0 Å². The number of nitrogens with one attached hydrogen (secondary N) is 1. The number of anilines is 2. The smallest absolute Gasteiger partial charge is 0.227 e. The standard InChI is InChI=1S/C26H28FN5O2/c1-19(16-21-4-2-5-22(27)17-21)25(34)30-23-8-6-20(7-9-23)18-24(33)31-12-14-32(15-13-31)26-28-10-3-11-29-26/h2-11,17,19H,12-16,18H2,1H3,(H,30,34). The predicted molar refractivity (Wildman–Crippen MR) is 129 cm³/mol. The molecule has 8 heteroatoms.